The van der Waals surface area contributed by atoms with Gasteiger partial charge in [-0.15, -0.1) is 6.58 Å². The molecule has 0 radical (unpaired) electrons. The minimum Gasteiger partial charge on any atom is -0.502 e. The molecule has 68 heavy (non-hydrogen) atoms. The van der Waals surface area contributed by atoms with E-state index in [4.69, 9.17) is 42.9 Å². The molecule has 0 aliphatic heterocycles. The number of ether oxygens (including phenoxy) is 7. The molecular weight excluding hydrogens is 853 g/mol. The summed E-state index contributed by atoms with van der Waals surface area (Å²) in [6.07, 6.45) is 24.0. The molecule has 3 aromatic rings. The van der Waals surface area contributed by atoms with Crippen LogP contribution in [0.3, 0.4) is 0 Å². The molecule has 3 aromatic carbocycles. The molecule has 0 aliphatic carbocycles. The van der Waals surface area contributed by atoms with Crippen molar-refractivity contribution in [1.29, 1.82) is 0 Å². The van der Waals surface area contributed by atoms with Crippen molar-refractivity contribution in [3.05, 3.63) is 96.3 Å². The maximum absolute atomic E-state index is 6.53. The Morgan fingerprint density at radius 1 is 0.368 bits per heavy atom. The van der Waals surface area contributed by atoms with Gasteiger partial charge in [-0.3, -0.25) is 0 Å². The van der Waals surface area contributed by atoms with Crippen LogP contribution in [0.1, 0.15) is 178 Å². The fraction of sp³-hybridized carbons (Fsp3) is 0.559. The second kappa shape index (κ2) is 38.7. The van der Waals surface area contributed by atoms with E-state index in [1.54, 1.807) is 6.08 Å². The maximum Gasteiger partial charge on any atom is 0.204 e. The van der Waals surface area contributed by atoms with E-state index in [0.717, 1.165) is 125 Å². The van der Waals surface area contributed by atoms with Gasteiger partial charge in [0.25, 0.3) is 0 Å². The van der Waals surface area contributed by atoms with Gasteiger partial charge in [0.1, 0.15) is 6.61 Å². The Bertz CT molecular complexity index is 1920. The van der Waals surface area contributed by atoms with E-state index in [0.29, 0.717) is 94.0 Å². The van der Waals surface area contributed by atoms with Crippen LogP contribution in [-0.4, -0.2) is 59.5 Å². The van der Waals surface area contributed by atoms with E-state index < -0.39 is 0 Å². The van der Waals surface area contributed by atoms with Crippen LogP contribution in [0.4, 0.5) is 0 Å². The Hall–Kier alpha value is -5.22. The average molecular weight is 937 g/mol. The maximum atomic E-state index is 6.53. The van der Waals surface area contributed by atoms with Crippen LogP contribution in [0.15, 0.2) is 74.0 Å². The number of hydrogen-bond acceptors (Lipinski definition) is 9. The lowest BCUT2D eigenvalue weighted by atomic mass is 10.1. The topological polar surface area (TPSA) is 83.1 Å². The molecule has 0 spiro atoms. The smallest absolute Gasteiger partial charge is 0.204 e. The number of rotatable bonds is 40. The van der Waals surface area contributed by atoms with Crippen molar-refractivity contribution in [3.63, 3.8) is 0 Å². The van der Waals surface area contributed by atoms with Gasteiger partial charge >= 0.3 is 0 Å². The summed E-state index contributed by atoms with van der Waals surface area (Å²) in [5.41, 5.74) is 3.24. The molecule has 0 aliphatic rings. The molecule has 0 atom stereocenters. The fourth-order valence-corrected chi connectivity index (χ4v) is 6.95. The number of benzene rings is 3. The zero-order chi connectivity index (χ0) is 48.5. The normalized spacial score (nSPS) is 10.6. The first-order valence-electron chi connectivity index (χ1n) is 25.9. The Morgan fingerprint density at radius 3 is 1.13 bits per heavy atom. The van der Waals surface area contributed by atoms with Gasteiger partial charge in [0.15, 0.2) is 23.0 Å². The molecule has 9 nitrogen and oxygen atoms in total. The van der Waals surface area contributed by atoms with Crippen LogP contribution in [0.5, 0.6) is 34.5 Å². The lowest BCUT2D eigenvalue weighted by Gasteiger charge is -2.18. The van der Waals surface area contributed by atoms with E-state index in [1.807, 2.05) is 48.5 Å². The highest BCUT2D eigenvalue weighted by Gasteiger charge is 2.19. The van der Waals surface area contributed by atoms with Gasteiger partial charge in [0.05, 0.1) is 70.2 Å². The van der Waals surface area contributed by atoms with Crippen LogP contribution in [-0.2, 0) is 14.5 Å². The monoisotopic (exact) mass is 937 g/mol. The molecule has 3 rings (SSSR count). The highest BCUT2D eigenvalue weighted by molar-refractivity contribution is 5.63. The summed E-state index contributed by atoms with van der Waals surface area (Å²) in [6.45, 7) is 20.9. The van der Waals surface area contributed by atoms with E-state index >= 15 is 0 Å². The molecule has 374 valence electrons. The van der Waals surface area contributed by atoms with Crippen molar-refractivity contribution in [3.8, 4) is 58.2 Å². The van der Waals surface area contributed by atoms with Crippen molar-refractivity contribution in [1.82, 2.24) is 0 Å². The first-order valence-corrected chi connectivity index (χ1v) is 25.9. The molecule has 0 heterocycles. The average Bonchev–Trinajstić information content (AvgIpc) is 3.35. The fourth-order valence-electron chi connectivity index (χ4n) is 6.95. The molecule has 0 amide bonds. The van der Waals surface area contributed by atoms with Crippen LogP contribution >= 0.6 is 0 Å². The molecule has 9 heteroatoms. The zero-order valence-corrected chi connectivity index (χ0v) is 42.4. The van der Waals surface area contributed by atoms with Gasteiger partial charge in [0, 0.05) is 11.1 Å². The molecule has 0 fully saturated rings. The Kier molecular flexibility index (Phi) is 32.5. The van der Waals surface area contributed by atoms with Crippen molar-refractivity contribution < 1.29 is 42.9 Å². The summed E-state index contributed by atoms with van der Waals surface area (Å²) in [5.74, 6) is 17.4. The van der Waals surface area contributed by atoms with E-state index in [-0.39, 0.29) is 0 Å². The summed E-state index contributed by atoms with van der Waals surface area (Å²) in [5, 5.41) is 0. The highest BCUT2D eigenvalue weighted by Crippen LogP contribution is 2.42. The third-order valence-electron chi connectivity index (χ3n) is 10.9. The third-order valence-corrected chi connectivity index (χ3v) is 10.9. The number of hydrogen-bond donors (Lipinski definition) is 0. The van der Waals surface area contributed by atoms with Crippen LogP contribution in [0.2, 0.25) is 0 Å². The summed E-state index contributed by atoms with van der Waals surface area (Å²) >= 11 is 0. The third kappa shape index (κ3) is 24.2. The molecule has 0 bridgehead atoms. The predicted molar refractivity (Wildman–Crippen MR) is 278 cm³/mol. The largest absolute Gasteiger partial charge is 0.502 e. The summed E-state index contributed by atoms with van der Waals surface area (Å²) in [4.78, 5) is 10.3. The van der Waals surface area contributed by atoms with Crippen LogP contribution in [0.25, 0.3) is 0 Å². The van der Waals surface area contributed by atoms with Crippen molar-refractivity contribution in [2.24, 2.45) is 0 Å². The Labute approximate surface area is 411 Å². The number of unbranched alkanes of at least 4 members (excludes halogenated alkanes) is 14. The standard InChI is InChI=1S/C59H84O9/c1-7-13-17-21-45-63-56-52(37-39-54(61-43-26-25-42-60-12-6)58(56)65-47-23-19-15-9-3)35-33-50-29-31-51(32-30-50)34-36-53-38-40-55(62-44-27-28-49-68-67-41-11-5)59(66-48-24-20-16-10-4)57(53)64-46-22-18-14-8-2/h11-12,29-32,37-40H,5-10,13-28,41-49H2,1-4H3. The van der Waals surface area contributed by atoms with Gasteiger partial charge in [-0.05, 0) is 99.9 Å². The van der Waals surface area contributed by atoms with E-state index in [9.17, 15) is 0 Å². The summed E-state index contributed by atoms with van der Waals surface area (Å²) < 4.78 is 44.0. The molecule has 0 aromatic heterocycles. The summed E-state index contributed by atoms with van der Waals surface area (Å²) in [7, 11) is 0. The predicted octanol–water partition coefficient (Wildman–Crippen LogP) is 14.9. The lowest BCUT2D eigenvalue weighted by Crippen LogP contribution is -2.08. The van der Waals surface area contributed by atoms with Gasteiger partial charge in [-0.2, -0.15) is 0 Å². The van der Waals surface area contributed by atoms with Crippen molar-refractivity contribution in [2.75, 3.05) is 59.5 Å². The second-order valence-corrected chi connectivity index (χ2v) is 16.8. The van der Waals surface area contributed by atoms with E-state index in [2.05, 4.69) is 64.5 Å². The molecular formula is C59H84O9. The minimum absolute atomic E-state index is 0.362. The second-order valence-electron chi connectivity index (χ2n) is 16.8. The quantitative estimate of drug-likeness (QED) is 0.0138. The van der Waals surface area contributed by atoms with Crippen molar-refractivity contribution in [2.45, 2.75) is 156 Å². The van der Waals surface area contributed by atoms with Crippen LogP contribution < -0.4 is 28.4 Å². The zero-order valence-electron chi connectivity index (χ0n) is 42.4. The van der Waals surface area contributed by atoms with Gasteiger partial charge in [-0.25, -0.2) is 9.78 Å². The first-order chi connectivity index (χ1) is 33.6. The molecule has 0 saturated heterocycles. The Balaban J connectivity index is 1.92. The highest BCUT2D eigenvalue weighted by atomic mass is 17.2. The van der Waals surface area contributed by atoms with E-state index in [1.165, 1.54) is 31.9 Å². The molecule has 0 N–H and O–H groups in total. The van der Waals surface area contributed by atoms with Gasteiger partial charge in [0.2, 0.25) is 11.5 Å². The van der Waals surface area contributed by atoms with Gasteiger partial charge < -0.3 is 33.2 Å². The summed E-state index contributed by atoms with van der Waals surface area (Å²) in [6, 6.07) is 15.9. The first kappa shape index (κ1) is 57.1. The Morgan fingerprint density at radius 2 is 0.735 bits per heavy atom. The molecule has 0 saturated carbocycles. The van der Waals surface area contributed by atoms with Crippen molar-refractivity contribution >= 4 is 0 Å². The van der Waals surface area contributed by atoms with Crippen LogP contribution in [0, 0.1) is 23.7 Å². The molecule has 0 unspecified atom stereocenters. The minimum atomic E-state index is 0.362. The SMILES string of the molecule is C=CCOOCCCCOc1ccc(C#Cc2ccc(C#Cc3ccc(OCCCCOC=C)c(OCCCCCC)c3OCCCCCC)cc2)c(OCCCCCC)c1OCCCCCC. The van der Waals surface area contributed by atoms with Gasteiger partial charge in [-0.1, -0.05) is 141 Å². The lowest BCUT2D eigenvalue weighted by molar-refractivity contribution is -0.286.